The average Bonchev–Trinajstić information content (AvgIpc) is 3.55. The Kier molecular flexibility index (Phi) is 6.10. The van der Waals surface area contributed by atoms with Crippen LogP contribution in [-0.2, 0) is 0 Å². The minimum atomic E-state index is -0.174. The zero-order valence-electron chi connectivity index (χ0n) is 18.5. The fourth-order valence-electron chi connectivity index (χ4n) is 4.05. The van der Waals surface area contributed by atoms with E-state index in [9.17, 15) is 9.59 Å². The lowest BCUT2D eigenvalue weighted by Gasteiger charge is -2.17. The second kappa shape index (κ2) is 9.49. The van der Waals surface area contributed by atoms with Crippen LogP contribution in [0.3, 0.4) is 0 Å². The van der Waals surface area contributed by atoms with Crippen molar-refractivity contribution in [2.45, 2.75) is 12.5 Å². The van der Waals surface area contributed by atoms with Gasteiger partial charge in [0.25, 0.3) is 11.8 Å². The SMILES string of the molecule is COc1ccc(C(=O)Nc2ccc(C3=NC4C=C(NC(=O)c5ccsc5)C=CC4C3)cc2)cc1. The van der Waals surface area contributed by atoms with Crippen LogP contribution in [0.15, 0.2) is 94.3 Å². The molecule has 7 heteroatoms. The van der Waals surface area contributed by atoms with Crippen LogP contribution >= 0.6 is 11.3 Å². The van der Waals surface area contributed by atoms with Crippen molar-refractivity contribution in [3.63, 3.8) is 0 Å². The molecule has 0 bridgehead atoms. The number of nitrogens with one attached hydrogen (secondary N) is 2. The quantitative estimate of drug-likeness (QED) is 0.529. The number of fused-ring (bicyclic) bond motifs is 1. The molecule has 0 radical (unpaired) electrons. The Morgan fingerprint density at radius 3 is 2.44 bits per heavy atom. The number of aliphatic imine (C=N–C) groups is 1. The fraction of sp³-hybridized carbons (Fsp3) is 0.148. The van der Waals surface area contributed by atoms with Crippen molar-refractivity contribution in [1.82, 2.24) is 5.32 Å². The van der Waals surface area contributed by atoms with Crippen molar-refractivity contribution >= 4 is 34.6 Å². The summed E-state index contributed by atoms with van der Waals surface area (Å²) in [5.74, 6) is 0.712. The lowest BCUT2D eigenvalue weighted by molar-refractivity contribution is 0.0966. The third-order valence-corrected chi connectivity index (χ3v) is 6.60. The van der Waals surface area contributed by atoms with Crippen LogP contribution < -0.4 is 15.4 Å². The third kappa shape index (κ3) is 4.70. The summed E-state index contributed by atoms with van der Waals surface area (Å²) in [6.45, 7) is 0. The standard InChI is InChI=1S/C27H23N3O3S/c1-33-23-10-5-18(6-11-23)26(31)28-21-7-2-17(3-8-21)24-14-19-4-9-22(15-25(19)30-24)29-27(32)20-12-13-34-16-20/h2-13,15-16,19,25H,14H2,1H3,(H,28,31)(H,29,32). The first-order valence-electron chi connectivity index (χ1n) is 10.9. The molecule has 0 saturated heterocycles. The number of benzene rings is 2. The summed E-state index contributed by atoms with van der Waals surface area (Å²) in [6, 6.07) is 16.5. The predicted octanol–water partition coefficient (Wildman–Crippen LogP) is 5.07. The van der Waals surface area contributed by atoms with E-state index >= 15 is 0 Å². The van der Waals surface area contributed by atoms with E-state index in [1.165, 1.54) is 11.3 Å². The highest BCUT2D eigenvalue weighted by Crippen LogP contribution is 2.31. The third-order valence-electron chi connectivity index (χ3n) is 5.92. The van der Waals surface area contributed by atoms with Crippen LogP contribution in [0.4, 0.5) is 5.69 Å². The van der Waals surface area contributed by atoms with E-state index < -0.39 is 0 Å². The molecule has 0 fully saturated rings. The summed E-state index contributed by atoms with van der Waals surface area (Å²) in [5.41, 5.74) is 4.78. The largest absolute Gasteiger partial charge is 0.497 e. The van der Waals surface area contributed by atoms with Gasteiger partial charge in [-0.05, 0) is 72.0 Å². The Balaban J connectivity index is 1.23. The number of hydrogen-bond donors (Lipinski definition) is 2. The highest BCUT2D eigenvalue weighted by atomic mass is 32.1. The molecule has 2 heterocycles. The maximum Gasteiger partial charge on any atom is 0.256 e. The molecule has 3 aromatic rings. The van der Waals surface area contributed by atoms with Crippen LogP contribution in [0.1, 0.15) is 32.7 Å². The van der Waals surface area contributed by atoms with Gasteiger partial charge in [-0.25, -0.2) is 0 Å². The van der Waals surface area contributed by atoms with Crippen molar-refractivity contribution in [2.75, 3.05) is 12.4 Å². The van der Waals surface area contributed by atoms with Crippen LogP contribution in [0.5, 0.6) is 5.75 Å². The molecule has 6 nitrogen and oxygen atoms in total. The lowest BCUT2D eigenvalue weighted by atomic mass is 9.92. The van der Waals surface area contributed by atoms with Gasteiger partial charge in [0.1, 0.15) is 5.75 Å². The van der Waals surface area contributed by atoms with Crippen LogP contribution in [-0.4, -0.2) is 30.7 Å². The number of amides is 2. The second-order valence-corrected chi connectivity index (χ2v) is 8.92. The van der Waals surface area contributed by atoms with Gasteiger partial charge in [-0.3, -0.25) is 14.6 Å². The Morgan fingerprint density at radius 1 is 0.971 bits per heavy atom. The predicted molar refractivity (Wildman–Crippen MR) is 135 cm³/mol. The number of methoxy groups -OCH3 is 1. The number of carbonyl (C=O) groups excluding carboxylic acids is 2. The molecule has 2 aromatic carbocycles. The molecule has 0 saturated carbocycles. The smallest absolute Gasteiger partial charge is 0.256 e. The van der Waals surface area contributed by atoms with E-state index in [-0.39, 0.29) is 23.8 Å². The van der Waals surface area contributed by atoms with Gasteiger partial charge >= 0.3 is 0 Å². The number of anilines is 1. The number of allylic oxidation sites excluding steroid dienone is 1. The van der Waals surface area contributed by atoms with E-state index in [4.69, 9.17) is 9.73 Å². The van der Waals surface area contributed by atoms with Gasteiger partial charge in [0, 0.05) is 34.0 Å². The van der Waals surface area contributed by atoms with Gasteiger partial charge in [0.05, 0.1) is 18.7 Å². The molecule has 170 valence electrons. The Morgan fingerprint density at radius 2 is 1.74 bits per heavy atom. The molecule has 0 spiro atoms. The van der Waals surface area contributed by atoms with Crippen LogP contribution in [0.2, 0.25) is 0 Å². The van der Waals surface area contributed by atoms with E-state index in [2.05, 4.69) is 16.7 Å². The molecule has 2 aliphatic rings. The molecule has 2 N–H and O–H groups in total. The zero-order valence-corrected chi connectivity index (χ0v) is 19.3. The molecule has 34 heavy (non-hydrogen) atoms. The van der Waals surface area contributed by atoms with Crippen LogP contribution in [0, 0.1) is 5.92 Å². The molecular formula is C27H23N3O3S. The highest BCUT2D eigenvalue weighted by Gasteiger charge is 2.29. The first-order valence-corrected chi connectivity index (χ1v) is 11.9. The van der Waals surface area contributed by atoms with Crippen LogP contribution in [0.25, 0.3) is 0 Å². The molecular weight excluding hydrogens is 446 g/mol. The number of nitrogens with zero attached hydrogens (tertiary/aromatic N) is 1. The van der Waals surface area contributed by atoms with Gasteiger partial charge in [-0.2, -0.15) is 11.3 Å². The summed E-state index contributed by atoms with van der Waals surface area (Å²) in [6.07, 6.45) is 6.93. The molecule has 5 rings (SSSR count). The molecule has 2 atom stereocenters. The van der Waals surface area contributed by atoms with Gasteiger partial charge < -0.3 is 15.4 Å². The summed E-state index contributed by atoms with van der Waals surface area (Å²) < 4.78 is 5.13. The van der Waals surface area contributed by atoms with E-state index in [0.29, 0.717) is 16.9 Å². The highest BCUT2D eigenvalue weighted by molar-refractivity contribution is 7.08. The van der Waals surface area contributed by atoms with E-state index in [1.807, 2.05) is 53.2 Å². The van der Waals surface area contributed by atoms with Gasteiger partial charge in [0.15, 0.2) is 0 Å². The number of hydrogen-bond acceptors (Lipinski definition) is 5. The number of ether oxygens (including phenoxy) is 1. The van der Waals surface area contributed by atoms with Gasteiger partial charge in [-0.15, -0.1) is 0 Å². The molecule has 2 unspecified atom stereocenters. The monoisotopic (exact) mass is 469 g/mol. The normalized spacial score (nSPS) is 18.5. The van der Waals surface area contributed by atoms with Crippen molar-refractivity contribution in [2.24, 2.45) is 10.9 Å². The Labute approximate surface area is 201 Å². The molecule has 1 aliphatic heterocycles. The fourth-order valence-corrected chi connectivity index (χ4v) is 4.68. The maximum absolute atomic E-state index is 12.5. The first kappa shape index (κ1) is 21.9. The minimum absolute atomic E-state index is 0.00669. The van der Waals surface area contributed by atoms with Gasteiger partial charge in [-0.1, -0.05) is 18.2 Å². The summed E-state index contributed by atoms with van der Waals surface area (Å²) in [5, 5.41) is 9.60. The first-order chi connectivity index (χ1) is 16.6. The molecule has 1 aromatic heterocycles. The summed E-state index contributed by atoms with van der Waals surface area (Å²) >= 11 is 1.50. The minimum Gasteiger partial charge on any atom is -0.497 e. The lowest BCUT2D eigenvalue weighted by Crippen LogP contribution is -2.25. The van der Waals surface area contributed by atoms with Crippen molar-refractivity contribution in [1.29, 1.82) is 0 Å². The summed E-state index contributed by atoms with van der Waals surface area (Å²) in [7, 11) is 1.59. The van der Waals surface area contributed by atoms with Crippen molar-refractivity contribution in [3.05, 3.63) is 106 Å². The van der Waals surface area contributed by atoms with Gasteiger partial charge in [0.2, 0.25) is 0 Å². The number of carbonyl (C=O) groups is 2. The van der Waals surface area contributed by atoms with Crippen molar-refractivity contribution < 1.29 is 14.3 Å². The maximum atomic E-state index is 12.5. The second-order valence-electron chi connectivity index (χ2n) is 8.14. The average molecular weight is 470 g/mol. The molecule has 2 amide bonds. The van der Waals surface area contributed by atoms with Crippen molar-refractivity contribution in [3.8, 4) is 5.75 Å². The Hall–Kier alpha value is -3.97. The van der Waals surface area contributed by atoms with E-state index in [1.54, 1.807) is 31.4 Å². The van der Waals surface area contributed by atoms with E-state index in [0.717, 1.165) is 29.1 Å². The number of rotatable bonds is 6. The summed E-state index contributed by atoms with van der Waals surface area (Å²) in [4.78, 5) is 29.7. The zero-order chi connectivity index (χ0) is 23.5. The molecule has 1 aliphatic carbocycles. The topological polar surface area (TPSA) is 79.8 Å². The number of thiophene rings is 1. The Bertz CT molecular complexity index is 1290.